The molecule has 30 heavy (non-hydrogen) atoms. The fourth-order valence-corrected chi connectivity index (χ4v) is 3.04. The molecule has 5 rings (SSSR count). The number of anilines is 1. The molecule has 0 saturated carbocycles. The number of carbonyl (C=O) groups excluding carboxylic acids is 1. The number of nitrogens with one attached hydrogen (secondary N) is 1. The molecule has 0 radical (unpaired) electrons. The van der Waals surface area contributed by atoms with Crippen molar-refractivity contribution in [1.82, 2.24) is 29.5 Å². The van der Waals surface area contributed by atoms with E-state index in [0.717, 1.165) is 5.56 Å². The number of fused-ring (bicyclic) bond motifs is 1. The molecule has 9 heteroatoms. The lowest BCUT2D eigenvalue weighted by molar-refractivity contribution is 0.102. The molecule has 0 aliphatic carbocycles. The van der Waals surface area contributed by atoms with Crippen LogP contribution in [0.25, 0.3) is 28.6 Å². The molecule has 0 fully saturated rings. The predicted octanol–water partition coefficient (Wildman–Crippen LogP) is 3.40. The van der Waals surface area contributed by atoms with Crippen LogP contribution in [0, 0.1) is 6.92 Å². The van der Waals surface area contributed by atoms with Crippen LogP contribution in [0.4, 0.5) is 5.69 Å². The normalized spacial score (nSPS) is 11.0. The summed E-state index contributed by atoms with van der Waals surface area (Å²) in [5, 5.41) is 6.90. The monoisotopic (exact) mass is 397 g/mol. The van der Waals surface area contributed by atoms with E-state index in [0.29, 0.717) is 40.0 Å². The molecule has 1 N–H and O–H groups in total. The number of imidazole rings is 1. The maximum atomic E-state index is 12.8. The van der Waals surface area contributed by atoms with Crippen molar-refractivity contribution in [3.05, 3.63) is 78.6 Å². The van der Waals surface area contributed by atoms with Crippen LogP contribution in [-0.4, -0.2) is 35.4 Å². The summed E-state index contributed by atoms with van der Waals surface area (Å²) in [6.45, 7) is 1.91. The minimum atomic E-state index is -0.264. The van der Waals surface area contributed by atoms with E-state index >= 15 is 0 Å². The van der Waals surface area contributed by atoms with Gasteiger partial charge in [0.1, 0.15) is 17.0 Å². The number of benzene rings is 1. The van der Waals surface area contributed by atoms with Gasteiger partial charge in [0, 0.05) is 29.8 Å². The number of carbonyl (C=O) groups is 1. The first-order valence-electron chi connectivity index (χ1n) is 9.13. The molecule has 1 amide bonds. The zero-order chi connectivity index (χ0) is 20.5. The maximum absolute atomic E-state index is 12.8. The molecule has 146 valence electrons. The Morgan fingerprint density at radius 2 is 2.03 bits per heavy atom. The van der Waals surface area contributed by atoms with E-state index in [-0.39, 0.29) is 5.91 Å². The van der Waals surface area contributed by atoms with Crippen molar-refractivity contribution in [2.24, 2.45) is 0 Å². The molecule has 9 nitrogen and oxygen atoms in total. The first-order valence-corrected chi connectivity index (χ1v) is 9.13. The number of aryl methyl sites for hydroxylation is 1. The van der Waals surface area contributed by atoms with Crippen molar-refractivity contribution in [1.29, 1.82) is 0 Å². The Morgan fingerprint density at radius 3 is 2.90 bits per heavy atom. The molecule has 0 aliphatic heterocycles. The maximum Gasteiger partial charge on any atom is 0.274 e. The second kappa shape index (κ2) is 7.21. The molecule has 4 aromatic heterocycles. The molecule has 0 aliphatic rings. The quantitative estimate of drug-likeness (QED) is 0.495. The number of rotatable bonds is 4. The van der Waals surface area contributed by atoms with Crippen molar-refractivity contribution < 1.29 is 9.32 Å². The van der Waals surface area contributed by atoms with Crippen molar-refractivity contribution >= 4 is 17.2 Å². The van der Waals surface area contributed by atoms with Crippen molar-refractivity contribution in [2.45, 2.75) is 6.92 Å². The van der Waals surface area contributed by atoms with Gasteiger partial charge in [-0.3, -0.25) is 14.2 Å². The SMILES string of the molecule is Cc1ccc(-c2nc(-c3cnccn3)no2)cc1NC(=O)c1cnc2ccccn12. The molecular weight excluding hydrogens is 382 g/mol. The molecular formula is C21H15N7O2. The zero-order valence-electron chi connectivity index (χ0n) is 15.9. The van der Waals surface area contributed by atoms with E-state index < -0.39 is 0 Å². The van der Waals surface area contributed by atoms with E-state index in [1.807, 2.05) is 37.3 Å². The summed E-state index contributed by atoms with van der Waals surface area (Å²) in [5.74, 6) is 0.399. The molecule has 0 saturated heterocycles. The minimum Gasteiger partial charge on any atom is -0.334 e. The third-order valence-corrected chi connectivity index (χ3v) is 4.60. The first-order chi connectivity index (χ1) is 14.7. The van der Waals surface area contributed by atoms with E-state index in [4.69, 9.17) is 4.52 Å². The summed E-state index contributed by atoms with van der Waals surface area (Å²) >= 11 is 0. The van der Waals surface area contributed by atoms with Crippen LogP contribution in [0.5, 0.6) is 0 Å². The zero-order valence-corrected chi connectivity index (χ0v) is 15.9. The van der Waals surface area contributed by atoms with Crippen LogP contribution in [-0.2, 0) is 0 Å². The number of hydrogen-bond donors (Lipinski definition) is 1. The topological polar surface area (TPSA) is 111 Å². The van der Waals surface area contributed by atoms with Gasteiger partial charge in [0.25, 0.3) is 11.8 Å². The van der Waals surface area contributed by atoms with Crippen LogP contribution in [0.2, 0.25) is 0 Å². The molecule has 4 heterocycles. The Kier molecular flexibility index (Phi) is 4.25. The summed E-state index contributed by atoms with van der Waals surface area (Å²) in [6, 6.07) is 11.1. The highest BCUT2D eigenvalue weighted by atomic mass is 16.5. The molecule has 0 bridgehead atoms. The van der Waals surface area contributed by atoms with Gasteiger partial charge >= 0.3 is 0 Å². The van der Waals surface area contributed by atoms with Gasteiger partial charge in [0.15, 0.2) is 0 Å². The lowest BCUT2D eigenvalue weighted by Crippen LogP contribution is -2.15. The Bertz CT molecular complexity index is 1360. The fourth-order valence-electron chi connectivity index (χ4n) is 3.04. The van der Waals surface area contributed by atoms with Gasteiger partial charge in [-0.25, -0.2) is 9.97 Å². The van der Waals surface area contributed by atoms with Gasteiger partial charge < -0.3 is 9.84 Å². The van der Waals surface area contributed by atoms with E-state index in [9.17, 15) is 4.79 Å². The summed E-state index contributed by atoms with van der Waals surface area (Å²) in [6.07, 6.45) is 8.04. The van der Waals surface area contributed by atoms with Gasteiger partial charge in [-0.15, -0.1) is 0 Å². The van der Waals surface area contributed by atoms with Gasteiger partial charge in [-0.05, 0) is 36.8 Å². The lowest BCUT2D eigenvalue weighted by atomic mass is 10.1. The second-order valence-electron chi connectivity index (χ2n) is 6.57. The van der Waals surface area contributed by atoms with Gasteiger partial charge in [0.05, 0.1) is 12.4 Å². The lowest BCUT2D eigenvalue weighted by Gasteiger charge is -2.09. The Morgan fingerprint density at radius 1 is 1.10 bits per heavy atom. The minimum absolute atomic E-state index is 0.264. The summed E-state index contributed by atoms with van der Waals surface area (Å²) in [7, 11) is 0. The van der Waals surface area contributed by atoms with Gasteiger partial charge in [-0.2, -0.15) is 4.98 Å². The summed E-state index contributed by atoms with van der Waals surface area (Å²) in [4.78, 5) is 29.7. The van der Waals surface area contributed by atoms with Crippen molar-refractivity contribution in [2.75, 3.05) is 5.32 Å². The molecule has 0 spiro atoms. The van der Waals surface area contributed by atoms with E-state index in [1.54, 1.807) is 41.5 Å². The van der Waals surface area contributed by atoms with Crippen LogP contribution in [0.1, 0.15) is 16.1 Å². The smallest absolute Gasteiger partial charge is 0.274 e. The van der Waals surface area contributed by atoms with Crippen LogP contribution in [0.15, 0.2) is 71.9 Å². The largest absolute Gasteiger partial charge is 0.334 e. The standard InChI is InChI=1S/C21H15N7O2/c1-13-5-6-14(21-26-19(27-30-21)16-11-22-7-8-23-16)10-15(13)25-20(29)17-12-24-18-4-2-3-9-28(17)18/h2-12H,1H3,(H,25,29). The average molecular weight is 397 g/mol. The van der Waals surface area contributed by atoms with Crippen molar-refractivity contribution in [3.8, 4) is 23.0 Å². The number of aromatic nitrogens is 6. The average Bonchev–Trinajstić information content (AvgIpc) is 3.43. The molecule has 0 atom stereocenters. The Balaban J connectivity index is 1.44. The van der Waals surface area contributed by atoms with E-state index in [1.165, 1.54) is 0 Å². The fraction of sp³-hybridized carbons (Fsp3) is 0.0476. The molecule has 5 aromatic rings. The van der Waals surface area contributed by atoms with Gasteiger partial charge in [0.2, 0.25) is 5.82 Å². The van der Waals surface area contributed by atoms with E-state index in [2.05, 4.69) is 30.4 Å². The molecule has 1 aromatic carbocycles. The predicted molar refractivity (Wildman–Crippen MR) is 109 cm³/mol. The third-order valence-electron chi connectivity index (χ3n) is 4.60. The Hall–Kier alpha value is -4.40. The second-order valence-corrected chi connectivity index (χ2v) is 6.57. The highest BCUT2D eigenvalue weighted by molar-refractivity contribution is 6.04. The number of amides is 1. The summed E-state index contributed by atoms with van der Waals surface area (Å²) in [5.41, 5.74) is 3.88. The highest BCUT2D eigenvalue weighted by Gasteiger charge is 2.16. The van der Waals surface area contributed by atoms with Crippen LogP contribution < -0.4 is 5.32 Å². The number of nitrogens with zero attached hydrogens (tertiary/aromatic N) is 6. The first kappa shape index (κ1) is 17.7. The van der Waals surface area contributed by atoms with Crippen molar-refractivity contribution in [3.63, 3.8) is 0 Å². The highest BCUT2D eigenvalue weighted by Crippen LogP contribution is 2.26. The van der Waals surface area contributed by atoms with Gasteiger partial charge in [-0.1, -0.05) is 17.3 Å². The van der Waals surface area contributed by atoms with Crippen LogP contribution >= 0.6 is 0 Å². The molecule has 0 unspecified atom stereocenters. The third kappa shape index (κ3) is 3.18. The Labute approximate surface area is 170 Å². The van der Waals surface area contributed by atoms with Crippen LogP contribution in [0.3, 0.4) is 0 Å². The number of pyridine rings is 1. The summed E-state index contributed by atoms with van der Waals surface area (Å²) < 4.78 is 7.11. The number of hydrogen-bond acceptors (Lipinski definition) is 7.